The van der Waals surface area contributed by atoms with Crippen LogP contribution < -0.4 is 10.6 Å². The highest BCUT2D eigenvalue weighted by Crippen LogP contribution is 2.19. The number of hydrogen-bond donors (Lipinski definition) is 2. The lowest BCUT2D eigenvalue weighted by Crippen LogP contribution is -2.45. The summed E-state index contributed by atoms with van der Waals surface area (Å²) in [4.78, 5) is 26.4. The van der Waals surface area contributed by atoms with Crippen LogP contribution in [-0.2, 0) is 16.1 Å². The van der Waals surface area contributed by atoms with Gasteiger partial charge in [0, 0.05) is 38.0 Å². The number of halogens is 1. The smallest absolute Gasteiger partial charge is 0.226 e. The molecule has 134 valence electrons. The first-order valence-electron chi connectivity index (χ1n) is 8.37. The van der Waals surface area contributed by atoms with Gasteiger partial charge in [0.25, 0.3) is 0 Å². The average Bonchev–Trinajstić information content (AvgIpc) is 2.60. The summed E-state index contributed by atoms with van der Waals surface area (Å²) in [6.45, 7) is 4.55. The van der Waals surface area contributed by atoms with Gasteiger partial charge in [0.1, 0.15) is 0 Å². The van der Waals surface area contributed by atoms with E-state index in [1.54, 1.807) is 0 Å². The van der Waals surface area contributed by atoms with E-state index in [1.807, 2.05) is 49.2 Å². The van der Waals surface area contributed by atoms with Crippen molar-refractivity contribution < 1.29 is 9.59 Å². The predicted octanol–water partition coefficient (Wildman–Crippen LogP) is 1.82. The SMILES string of the molecule is CNCC(C)C(=O)N1CCC(C(=O)NCc2ccccc2)CC1.Cl. The monoisotopic (exact) mass is 353 g/mol. The number of nitrogens with zero attached hydrogens (tertiary/aromatic N) is 1. The molecule has 0 saturated carbocycles. The minimum Gasteiger partial charge on any atom is -0.352 e. The fourth-order valence-corrected chi connectivity index (χ4v) is 3.00. The van der Waals surface area contributed by atoms with E-state index in [1.165, 1.54) is 0 Å². The van der Waals surface area contributed by atoms with Crippen molar-refractivity contribution in [3.05, 3.63) is 35.9 Å². The number of likely N-dealkylation sites (tertiary alicyclic amines) is 1. The van der Waals surface area contributed by atoms with E-state index < -0.39 is 0 Å². The summed E-state index contributed by atoms with van der Waals surface area (Å²) in [7, 11) is 1.85. The molecule has 0 aliphatic carbocycles. The Bertz CT molecular complexity index is 516. The van der Waals surface area contributed by atoms with E-state index in [0.717, 1.165) is 18.4 Å². The minimum atomic E-state index is -0.0107. The fraction of sp³-hybridized carbons (Fsp3) is 0.556. The molecule has 1 heterocycles. The Morgan fingerprint density at radius 1 is 1.21 bits per heavy atom. The maximum absolute atomic E-state index is 12.3. The van der Waals surface area contributed by atoms with Gasteiger partial charge in [0.15, 0.2) is 0 Å². The summed E-state index contributed by atoms with van der Waals surface area (Å²) in [5, 5.41) is 6.04. The molecule has 1 unspecified atom stereocenters. The van der Waals surface area contributed by atoms with Gasteiger partial charge in [-0.15, -0.1) is 12.4 Å². The molecule has 2 amide bonds. The Balaban J connectivity index is 0.00000288. The third-order valence-corrected chi connectivity index (χ3v) is 4.42. The summed E-state index contributed by atoms with van der Waals surface area (Å²) in [6.07, 6.45) is 1.50. The first kappa shape index (κ1) is 20.5. The number of amides is 2. The van der Waals surface area contributed by atoms with Crippen LogP contribution in [-0.4, -0.2) is 43.4 Å². The number of hydrogen-bond acceptors (Lipinski definition) is 3. The molecule has 0 spiro atoms. The quantitative estimate of drug-likeness (QED) is 0.820. The molecule has 1 aromatic carbocycles. The van der Waals surface area contributed by atoms with E-state index in [2.05, 4.69) is 10.6 Å². The first-order valence-corrected chi connectivity index (χ1v) is 8.37. The molecular weight excluding hydrogens is 326 g/mol. The topological polar surface area (TPSA) is 61.4 Å². The lowest BCUT2D eigenvalue weighted by atomic mass is 9.95. The molecule has 1 saturated heterocycles. The highest BCUT2D eigenvalue weighted by molar-refractivity contribution is 5.85. The lowest BCUT2D eigenvalue weighted by molar-refractivity contribution is -0.138. The molecule has 0 aromatic heterocycles. The molecule has 1 aliphatic rings. The van der Waals surface area contributed by atoms with Crippen molar-refractivity contribution in [2.24, 2.45) is 11.8 Å². The predicted molar refractivity (Wildman–Crippen MR) is 97.9 cm³/mol. The Labute approximate surface area is 150 Å². The van der Waals surface area contributed by atoms with Crippen molar-refractivity contribution in [3.63, 3.8) is 0 Å². The van der Waals surface area contributed by atoms with Crippen molar-refractivity contribution >= 4 is 24.2 Å². The Kier molecular flexibility index (Phi) is 8.79. The highest BCUT2D eigenvalue weighted by atomic mass is 35.5. The maximum atomic E-state index is 12.3. The van der Waals surface area contributed by atoms with Crippen molar-refractivity contribution in [3.8, 4) is 0 Å². The molecule has 5 nitrogen and oxygen atoms in total. The second kappa shape index (κ2) is 10.3. The van der Waals surface area contributed by atoms with Crippen LogP contribution in [0, 0.1) is 11.8 Å². The standard InChI is InChI=1S/C18H27N3O2.ClH/c1-14(12-19-2)18(23)21-10-8-16(9-11-21)17(22)20-13-15-6-4-3-5-7-15;/h3-7,14,16,19H,8-13H2,1-2H3,(H,20,22);1H. The summed E-state index contributed by atoms with van der Waals surface area (Å²) in [5.74, 6) is 0.289. The third-order valence-electron chi connectivity index (χ3n) is 4.42. The zero-order chi connectivity index (χ0) is 16.7. The van der Waals surface area contributed by atoms with Crippen LogP contribution in [0.15, 0.2) is 30.3 Å². The van der Waals surface area contributed by atoms with Crippen molar-refractivity contribution in [1.29, 1.82) is 0 Å². The van der Waals surface area contributed by atoms with Crippen molar-refractivity contribution in [2.45, 2.75) is 26.3 Å². The van der Waals surface area contributed by atoms with Gasteiger partial charge in [-0.2, -0.15) is 0 Å². The van der Waals surface area contributed by atoms with Gasteiger partial charge in [-0.1, -0.05) is 37.3 Å². The number of benzene rings is 1. The number of nitrogens with one attached hydrogen (secondary N) is 2. The van der Waals surface area contributed by atoms with Gasteiger partial charge in [0.05, 0.1) is 0 Å². The summed E-state index contributed by atoms with van der Waals surface area (Å²) in [5.41, 5.74) is 1.11. The zero-order valence-electron chi connectivity index (χ0n) is 14.5. The average molecular weight is 354 g/mol. The second-order valence-corrected chi connectivity index (χ2v) is 6.26. The number of piperidine rings is 1. The first-order chi connectivity index (χ1) is 11.1. The summed E-state index contributed by atoms with van der Waals surface area (Å²) >= 11 is 0. The van der Waals surface area contributed by atoms with Gasteiger partial charge >= 0.3 is 0 Å². The summed E-state index contributed by atoms with van der Waals surface area (Å²) in [6, 6.07) is 9.92. The maximum Gasteiger partial charge on any atom is 0.226 e. The fourth-order valence-electron chi connectivity index (χ4n) is 3.00. The Morgan fingerprint density at radius 3 is 2.42 bits per heavy atom. The second-order valence-electron chi connectivity index (χ2n) is 6.26. The molecule has 2 N–H and O–H groups in total. The number of rotatable bonds is 6. The Morgan fingerprint density at radius 2 is 1.83 bits per heavy atom. The Hall–Kier alpha value is -1.59. The molecular formula is C18H28ClN3O2. The van der Waals surface area contributed by atoms with Crippen LogP contribution in [0.4, 0.5) is 0 Å². The van der Waals surface area contributed by atoms with E-state index in [-0.39, 0.29) is 36.1 Å². The van der Waals surface area contributed by atoms with Crippen LogP contribution >= 0.6 is 12.4 Å². The molecule has 1 aliphatic heterocycles. The van der Waals surface area contributed by atoms with Gasteiger partial charge < -0.3 is 15.5 Å². The normalized spacial score (nSPS) is 16.2. The van der Waals surface area contributed by atoms with Crippen LogP contribution in [0.5, 0.6) is 0 Å². The third kappa shape index (κ3) is 5.80. The van der Waals surface area contributed by atoms with E-state index >= 15 is 0 Å². The van der Waals surface area contributed by atoms with E-state index in [0.29, 0.717) is 26.2 Å². The van der Waals surface area contributed by atoms with Gasteiger partial charge in [-0.3, -0.25) is 9.59 Å². The molecule has 24 heavy (non-hydrogen) atoms. The number of carbonyl (C=O) groups excluding carboxylic acids is 2. The van der Waals surface area contributed by atoms with Gasteiger partial charge in [-0.25, -0.2) is 0 Å². The molecule has 2 rings (SSSR count). The molecule has 1 atom stereocenters. The van der Waals surface area contributed by atoms with Crippen LogP contribution in [0.3, 0.4) is 0 Å². The molecule has 6 heteroatoms. The van der Waals surface area contributed by atoms with Crippen molar-refractivity contribution in [2.75, 3.05) is 26.7 Å². The van der Waals surface area contributed by atoms with Crippen LogP contribution in [0.25, 0.3) is 0 Å². The largest absolute Gasteiger partial charge is 0.352 e. The molecule has 0 radical (unpaired) electrons. The van der Waals surface area contributed by atoms with Gasteiger partial charge in [0.2, 0.25) is 11.8 Å². The van der Waals surface area contributed by atoms with Crippen LogP contribution in [0.1, 0.15) is 25.3 Å². The minimum absolute atomic E-state index is 0. The van der Waals surface area contributed by atoms with E-state index in [9.17, 15) is 9.59 Å². The molecule has 1 fully saturated rings. The van der Waals surface area contributed by atoms with E-state index in [4.69, 9.17) is 0 Å². The lowest BCUT2D eigenvalue weighted by Gasteiger charge is -2.33. The zero-order valence-corrected chi connectivity index (χ0v) is 15.3. The number of carbonyl (C=O) groups is 2. The summed E-state index contributed by atoms with van der Waals surface area (Å²) < 4.78 is 0. The van der Waals surface area contributed by atoms with Crippen LogP contribution in [0.2, 0.25) is 0 Å². The molecule has 1 aromatic rings. The van der Waals surface area contributed by atoms with Crippen molar-refractivity contribution in [1.82, 2.24) is 15.5 Å². The highest BCUT2D eigenvalue weighted by Gasteiger charge is 2.28. The molecule has 0 bridgehead atoms. The van der Waals surface area contributed by atoms with Gasteiger partial charge in [-0.05, 0) is 25.5 Å².